The number of carbonyl (C=O) groups is 2. The van der Waals surface area contributed by atoms with Gasteiger partial charge in [0.2, 0.25) is 6.04 Å². The SMILES string of the molecule is CCOC(=O)C1C=C(c2ccccc2F)c2cc(Cl)ccc2N(C(=O)NC)[NH+]1[O-]. The number of nitrogens with zero attached hydrogens (tertiary/aromatic N) is 1. The standard InChI is InChI=1S/C20H19ClFN3O4/c1-3-29-19(26)18-11-14(13-6-4-5-7-16(13)22)15-10-12(21)8-9-17(15)24(25(18)28)20(27)23-2/h4-11,18,25H,3H2,1-2H3,(H,23,27). The third-order valence-electron chi connectivity index (χ3n) is 4.43. The van der Waals surface area contributed by atoms with E-state index in [4.69, 9.17) is 16.3 Å². The molecule has 0 bridgehead atoms. The van der Waals surface area contributed by atoms with Crippen molar-refractivity contribution in [2.24, 2.45) is 0 Å². The Bertz CT molecular complexity index is 982. The summed E-state index contributed by atoms with van der Waals surface area (Å²) in [5.41, 5.74) is 0.946. The molecular formula is C20H19ClFN3O4. The average Bonchev–Trinajstić information content (AvgIpc) is 2.82. The number of carbonyl (C=O) groups excluding carboxylic acids is 2. The fourth-order valence-electron chi connectivity index (χ4n) is 3.14. The van der Waals surface area contributed by atoms with Crippen molar-refractivity contribution in [1.82, 2.24) is 5.32 Å². The zero-order chi connectivity index (χ0) is 21.1. The Morgan fingerprint density at radius 2 is 2.00 bits per heavy atom. The van der Waals surface area contributed by atoms with Gasteiger partial charge in [-0.25, -0.2) is 19.2 Å². The fraction of sp³-hybridized carbons (Fsp3) is 0.200. The molecule has 2 N–H and O–H groups in total. The van der Waals surface area contributed by atoms with Gasteiger partial charge in [-0.2, -0.15) is 0 Å². The van der Waals surface area contributed by atoms with Gasteiger partial charge in [-0.3, -0.25) is 0 Å². The maximum absolute atomic E-state index is 14.6. The number of hydrogen-bond acceptors (Lipinski definition) is 4. The number of quaternary nitrogens is 1. The van der Waals surface area contributed by atoms with Crippen molar-refractivity contribution in [2.45, 2.75) is 13.0 Å². The summed E-state index contributed by atoms with van der Waals surface area (Å²) < 4.78 is 19.7. The van der Waals surface area contributed by atoms with Crippen molar-refractivity contribution < 1.29 is 23.9 Å². The minimum Gasteiger partial charge on any atom is -0.606 e. The van der Waals surface area contributed by atoms with Crippen molar-refractivity contribution in [2.75, 3.05) is 18.7 Å². The van der Waals surface area contributed by atoms with Gasteiger partial charge < -0.3 is 15.3 Å². The minimum absolute atomic E-state index is 0.0459. The molecule has 0 aromatic heterocycles. The second-order valence-corrected chi connectivity index (χ2v) is 6.62. The van der Waals surface area contributed by atoms with Gasteiger partial charge in [0.25, 0.3) is 0 Å². The molecule has 2 amide bonds. The van der Waals surface area contributed by atoms with Gasteiger partial charge in [-0.05, 0) is 42.8 Å². The number of fused-ring (bicyclic) bond motifs is 1. The van der Waals surface area contributed by atoms with Crippen LogP contribution in [0.25, 0.3) is 5.57 Å². The first-order valence-corrected chi connectivity index (χ1v) is 9.25. The second-order valence-electron chi connectivity index (χ2n) is 6.18. The molecule has 0 saturated heterocycles. The highest BCUT2D eigenvalue weighted by Gasteiger charge is 2.38. The Morgan fingerprint density at radius 3 is 2.66 bits per heavy atom. The van der Waals surface area contributed by atoms with Crippen molar-refractivity contribution in [1.29, 1.82) is 0 Å². The van der Waals surface area contributed by atoms with Crippen molar-refractivity contribution >= 4 is 34.9 Å². The molecule has 3 rings (SSSR count). The molecule has 2 atom stereocenters. The highest BCUT2D eigenvalue weighted by atomic mass is 35.5. The van der Waals surface area contributed by atoms with E-state index >= 15 is 0 Å². The van der Waals surface area contributed by atoms with Crippen LogP contribution in [0.4, 0.5) is 14.9 Å². The third kappa shape index (κ3) is 3.95. The molecule has 0 aliphatic carbocycles. The maximum atomic E-state index is 14.6. The Hall–Kier alpha value is -2.94. The number of rotatable bonds is 3. The van der Waals surface area contributed by atoms with Crippen LogP contribution in [0, 0.1) is 11.0 Å². The van der Waals surface area contributed by atoms with Gasteiger partial charge in [0, 0.05) is 23.2 Å². The van der Waals surface area contributed by atoms with Gasteiger partial charge in [0.1, 0.15) is 11.5 Å². The Morgan fingerprint density at radius 1 is 1.28 bits per heavy atom. The lowest BCUT2D eigenvalue weighted by molar-refractivity contribution is -0.860. The normalized spacial score (nSPS) is 18.4. The predicted molar refractivity (Wildman–Crippen MR) is 107 cm³/mol. The van der Waals surface area contributed by atoms with Crippen LogP contribution in [0.2, 0.25) is 5.02 Å². The van der Waals surface area contributed by atoms with Gasteiger partial charge >= 0.3 is 12.0 Å². The van der Waals surface area contributed by atoms with Crippen molar-refractivity contribution in [3.63, 3.8) is 0 Å². The van der Waals surface area contributed by atoms with E-state index in [-0.39, 0.29) is 23.4 Å². The van der Waals surface area contributed by atoms with Crippen LogP contribution in [0.15, 0.2) is 48.5 Å². The molecule has 9 heteroatoms. The van der Waals surface area contributed by atoms with E-state index in [1.807, 2.05) is 0 Å². The first kappa shape index (κ1) is 20.8. The summed E-state index contributed by atoms with van der Waals surface area (Å²) in [5, 5.41) is 15.9. The highest BCUT2D eigenvalue weighted by Crippen LogP contribution is 2.36. The lowest BCUT2D eigenvalue weighted by Crippen LogP contribution is -3.20. The number of esters is 1. The van der Waals surface area contributed by atoms with E-state index in [1.54, 1.807) is 13.0 Å². The number of benzene rings is 2. The summed E-state index contributed by atoms with van der Waals surface area (Å²) >= 11 is 6.15. The molecule has 7 nitrogen and oxygen atoms in total. The summed E-state index contributed by atoms with van der Waals surface area (Å²) in [6, 6.07) is 8.28. The number of urea groups is 1. The fourth-order valence-corrected chi connectivity index (χ4v) is 3.31. The highest BCUT2D eigenvalue weighted by molar-refractivity contribution is 6.31. The summed E-state index contributed by atoms with van der Waals surface area (Å²) in [6.07, 6.45) is 1.32. The largest absolute Gasteiger partial charge is 0.606 e. The van der Waals surface area contributed by atoms with Crippen LogP contribution < -0.4 is 15.5 Å². The van der Waals surface area contributed by atoms with Crippen LogP contribution in [-0.4, -0.2) is 31.7 Å². The van der Waals surface area contributed by atoms with Crippen LogP contribution >= 0.6 is 11.6 Å². The Labute approximate surface area is 171 Å². The van der Waals surface area contributed by atoms with Crippen LogP contribution in [-0.2, 0) is 9.53 Å². The predicted octanol–water partition coefficient (Wildman–Crippen LogP) is 2.30. The maximum Gasteiger partial charge on any atom is 0.372 e. The van der Waals surface area contributed by atoms with E-state index in [1.165, 1.54) is 49.5 Å². The molecular weight excluding hydrogens is 401 g/mol. The third-order valence-corrected chi connectivity index (χ3v) is 4.67. The van der Waals surface area contributed by atoms with Crippen LogP contribution in [0.3, 0.4) is 0 Å². The van der Waals surface area contributed by atoms with Gasteiger partial charge in [-0.1, -0.05) is 29.8 Å². The molecule has 29 heavy (non-hydrogen) atoms. The lowest BCUT2D eigenvalue weighted by Gasteiger charge is -2.35. The van der Waals surface area contributed by atoms with E-state index in [0.717, 1.165) is 5.01 Å². The Kier molecular flexibility index (Phi) is 6.17. The quantitative estimate of drug-likeness (QED) is 0.590. The molecule has 152 valence electrons. The number of hydrogen-bond donors (Lipinski definition) is 2. The first-order valence-electron chi connectivity index (χ1n) is 8.88. The molecule has 0 radical (unpaired) electrons. The number of amides is 2. The van der Waals surface area contributed by atoms with Crippen LogP contribution in [0.5, 0.6) is 0 Å². The topological polar surface area (TPSA) is 86.1 Å². The van der Waals surface area contributed by atoms with Gasteiger partial charge in [0.05, 0.1) is 6.61 Å². The number of ether oxygens (including phenoxy) is 1. The molecule has 1 aliphatic heterocycles. The minimum atomic E-state index is -1.44. The molecule has 2 unspecified atom stereocenters. The van der Waals surface area contributed by atoms with E-state index < -0.39 is 29.0 Å². The van der Waals surface area contributed by atoms with E-state index in [0.29, 0.717) is 10.6 Å². The molecule has 2 aromatic carbocycles. The average molecular weight is 420 g/mol. The summed E-state index contributed by atoms with van der Waals surface area (Å²) in [5.74, 6) is -1.38. The van der Waals surface area contributed by atoms with E-state index in [2.05, 4.69) is 5.32 Å². The summed E-state index contributed by atoms with van der Waals surface area (Å²) in [6.45, 7) is 1.65. The number of halogens is 2. The zero-order valence-electron chi connectivity index (χ0n) is 15.7. The van der Waals surface area contributed by atoms with Gasteiger partial charge in [-0.15, -0.1) is 5.01 Å². The monoisotopic (exact) mass is 419 g/mol. The zero-order valence-corrected chi connectivity index (χ0v) is 16.5. The molecule has 0 spiro atoms. The molecule has 0 fully saturated rings. The second kappa shape index (κ2) is 8.60. The van der Waals surface area contributed by atoms with Crippen LogP contribution in [0.1, 0.15) is 18.1 Å². The summed E-state index contributed by atoms with van der Waals surface area (Å²) in [7, 11) is 1.36. The Balaban J connectivity index is 2.32. The molecule has 1 aliphatic rings. The lowest BCUT2D eigenvalue weighted by atomic mass is 9.94. The molecule has 0 saturated carbocycles. The summed E-state index contributed by atoms with van der Waals surface area (Å²) in [4.78, 5) is 25.1. The number of nitrogens with one attached hydrogen (secondary N) is 2. The number of hydroxylamine groups is 1. The van der Waals surface area contributed by atoms with Gasteiger partial charge in [0.15, 0.2) is 0 Å². The number of anilines is 1. The molecule has 1 heterocycles. The smallest absolute Gasteiger partial charge is 0.372 e. The van der Waals surface area contributed by atoms with Crippen molar-refractivity contribution in [3.05, 3.63) is 75.7 Å². The molecule has 2 aromatic rings. The van der Waals surface area contributed by atoms with E-state index in [9.17, 15) is 19.2 Å². The van der Waals surface area contributed by atoms with Crippen molar-refractivity contribution in [3.8, 4) is 0 Å². The first-order chi connectivity index (χ1) is 13.9.